The third kappa shape index (κ3) is 16.3. The Labute approximate surface area is 406 Å². The van der Waals surface area contributed by atoms with Gasteiger partial charge in [0.25, 0.3) is 0 Å². The average molecular weight is 923 g/mol. The third-order valence-electron chi connectivity index (χ3n) is 12.3. The summed E-state index contributed by atoms with van der Waals surface area (Å²) in [6.45, 7) is 31.0. The van der Waals surface area contributed by atoms with Gasteiger partial charge < -0.3 is 0 Å². The molecule has 0 aliphatic heterocycles. The Morgan fingerprint density at radius 3 is 0.794 bits per heavy atom. The van der Waals surface area contributed by atoms with Crippen molar-refractivity contribution in [1.29, 1.82) is 0 Å². The van der Waals surface area contributed by atoms with Gasteiger partial charge in [0.05, 0.1) is 33.1 Å². The van der Waals surface area contributed by atoms with E-state index in [2.05, 4.69) is 63.7 Å². The molecule has 68 heavy (non-hydrogen) atoms. The lowest BCUT2D eigenvalue weighted by Gasteiger charge is -2.04. The van der Waals surface area contributed by atoms with E-state index in [1.165, 1.54) is 38.5 Å². The fourth-order valence-corrected chi connectivity index (χ4v) is 8.82. The zero-order valence-electron chi connectivity index (χ0n) is 41.9. The highest BCUT2D eigenvalue weighted by Gasteiger charge is 2.15. The van der Waals surface area contributed by atoms with Crippen LogP contribution in [0.4, 0.5) is 0 Å². The lowest BCUT2D eigenvalue weighted by Crippen LogP contribution is -2.25. The Kier molecular flexibility index (Phi) is 24.3. The Balaban J connectivity index is 0.000000226. The number of nitrogens with zero attached hydrogens (tertiary/aromatic N) is 6. The summed E-state index contributed by atoms with van der Waals surface area (Å²) in [7, 11) is 0. The molecule has 366 valence electrons. The van der Waals surface area contributed by atoms with E-state index < -0.39 is 0 Å². The molecular weight excluding hydrogens is 841 g/mol. The molecule has 3 heterocycles. The molecule has 9 nitrogen and oxygen atoms in total. The van der Waals surface area contributed by atoms with Crippen LogP contribution in [0.25, 0.3) is 33.1 Å². The number of para-hydroxylation sites is 6. The van der Waals surface area contributed by atoms with Crippen LogP contribution >= 0.6 is 0 Å². The monoisotopic (exact) mass is 923 g/mol. The quantitative estimate of drug-likeness (QED) is 0.0333. The van der Waals surface area contributed by atoms with Crippen LogP contribution in [0, 0.1) is 0 Å². The molecule has 6 aromatic rings. The fourth-order valence-electron chi connectivity index (χ4n) is 8.82. The van der Waals surface area contributed by atoms with Crippen molar-refractivity contribution in [3.63, 3.8) is 0 Å². The second kappa shape index (κ2) is 30.3. The minimum absolute atomic E-state index is 0.00204. The summed E-state index contributed by atoms with van der Waals surface area (Å²) in [6, 6.07) is 24.2. The smallest absolute Gasteiger partial charge is 0.292 e. The van der Waals surface area contributed by atoms with Crippen molar-refractivity contribution in [2.75, 3.05) is 0 Å². The van der Waals surface area contributed by atoms with Crippen molar-refractivity contribution in [3.8, 4) is 0 Å². The highest BCUT2D eigenvalue weighted by atomic mass is 16.2. The van der Waals surface area contributed by atoms with Gasteiger partial charge in [-0.2, -0.15) is 0 Å². The van der Waals surface area contributed by atoms with E-state index in [1.54, 1.807) is 9.13 Å². The van der Waals surface area contributed by atoms with Crippen LogP contribution in [0.15, 0.2) is 162 Å². The van der Waals surface area contributed by atoms with Crippen LogP contribution in [0.1, 0.15) is 129 Å². The van der Waals surface area contributed by atoms with Crippen LogP contribution in [-0.4, -0.2) is 27.4 Å². The second-order valence-corrected chi connectivity index (χ2v) is 18.3. The molecule has 0 radical (unpaired) electrons. The highest BCUT2D eigenvalue weighted by Crippen LogP contribution is 2.18. The number of imidazole rings is 3. The predicted octanol–water partition coefficient (Wildman–Crippen LogP) is 14.3. The van der Waals surface area contributed by atoms with Gasteiger partial charge >= 0.3 is 17.1 Å². The molecular formula is C59H82N6O3. The van der Waals surface area contributed by atoms with Crippen molar-refractivity contribution < 1.29 is 0 Å². The summed E-state index contributed by atoms with van der Waals surface area (Å²) in [5, 5.41) is 0. The lowest BCUT2D eigenvalue weighted by molar-refractivity contribution is 0.537. The minimum atomic E-state index is 0.00204. The molecule has 9 heteroatoms. The molecule has 0 bridgehead atoms. The van der Waals surface area contributed by atoms with Gasteiger partial charge in [-0.3, -0.25) is 27.4 Å². The van der Waals surface area contributed by atoms with Crippen LogP contribution in [0.2, 0.25) is 0 Å². The number of aromatic nitrogens is 6. The Morgan fingerprint density at radius 2 is 0.559 bits per heavy atom. The number of allylic oxidation sites excluding steroid dienone is 6. The van der Waals surface area contributed by atoms with Crippen molar-refractivity contribution in [2.24, 2.45) is 0 Å². The van der Waals surface area contributed by atoms with Crippen molar-refractivity contribution >= 4 is 33.1 Å². The fraction of sp³-hybridized carbons (Fsp3) is 0.441. The summed E-state index contributed by atoms with van der Waals surface area (Å²) < 4.78 is 11.4. The summed E-state index contributed by atoms with van der Waals surface area (Å²) in [5.74, 6) is 0. The van der Waals surface area contributed by atoms with Gasteiger partial charge in [-0.1, -0.05) is 124 Å². The summed E-state index contributed by atoms with van der Waals surface area (Å²) in [6.07, 6.45) is 28.1. The Bertz CT molecular complexity index is 2540. The first kappa shape index (κ1) is 54.5. The normalized spacial score (nSPS) is 11.0. The van der Waals surface area contributed by atoms with E-state index in [0.717, 1.165) is 147 Å². The van der Waals surface area contributed by atoms with Crippen molar-refractivity contribution in [2.45, 2.75) is 169 Å². The number of fused-ring (bicyclic) bond motifs is 3. The number of aryl methyl sites for hydroxylation is 4. The minimum Gasteiger partial charge on any atom is -0.292 e. The molecule has 0 aliphatic rings. The average Bonchev–Trinajstić information content (AvgIpc) is 3.87. The molecule has 0 aliphatic carbocycles. The van der Waals surface area contributed by atoms with Gasteiger partial charge in [0, 0.05) is 39.3 Å². The molecule has 0 spiro atoms. The predicted molar refractivity (Wildman–Crippen MR) is 292 cm³/mol. The number of hydrogen-bond donors (Lipinski definition) is 0. The molecule has 0 N–H and O–H groups in total. The van der Waals surface area contributed by atoms with Gasteiger partial charge in [-0.15, -0.1) is 26.3 Å². The number of unbranched alkanes of at least 4 members (excludes halogenated alkanes) is 14. The number of hydrogen-bond acceptors (Lipinski definition) is 3. The maximum atomic E-state index is 12.9. The number of benzene rings is 3. The summed E-state index contributed by atoms with van der Waals surface area (Å²) in [4.78, 5) is 38.1. The number of rotatable bonds is 30. The molecule has 0 saturated carbocycles. The Morgan fingerprint density at radius 1 is 0.353 bits per heavy atom. The van der Waals surface area contributed by atoms with Crippen molar-refractivity contribution in [3.05, 3.63) is 179 Å². The molecule has 0 atom stereocenters. The van der Waals surface area contributed by atoms with E-state index in [0.29, 0.717) is 13.1 Å². The molecule has 3 aromatic heterocycles. The largest absolute Gasteiger partial charge is 0.329 e. The molecule has 0 amide bonds. The standard InChI is InChI=1S/C23H34N2O.C21H30N2O.C15H18N2O/c1-3-5-7-9-11-15-19-24-21-17-13-14-18-22(21)25(23(24)26)20-16-12-10-8-6-4-2;1-3-5-7-9-13-17-22-19-15-11-12-16-20(19)23(21(22)24)18-14-10-8-6-4-2;1-11(2)9-16-13-7-5-6-8-14(13)17(15(16)18)10-12(3)4/h3-4,13-14,17-18H,1-2,5-12,15-16,19-20H2;3-4,11-12,15-16H,1-2,5-10,13-14,17-18H2;5-8H,1,3,9-10H2,2,4H3. The van der Waals surface area contributed by atoms with Crippen LogP contribution in [0.5, 0.6) is 0 Å². The first-order valence-electron chi connectivity index (χ1n) is 25.4. The molecule has 0 fully saturated rings. The maximum Gasteiger partial charge on any atom is 0.329 e. The molecule has 0 unspecified atom stereocenters. The molecule has 3 aromatic carbocycles. The van der Waals surface area contributed by atoms with E-state index in [9.17, 15) is 14.4 Å². The molecule has 6 rings (SSSR count). The summed E-state index contributed by atoms with van der Waals surface area (Å²) in [5.41, 5.74) is 8.43. The van der Waals surface area contributed by atoms with Crippen LogP contribution in [0.3, 0.4) is 0 Å². The van der Waals surface area contributed by atoms with Gasteiger partial charge in [-0.05, 0) is 127 Å². The zero-order valence-corrected chi connectivity index (χ0v) is 41.9. The Hall–Kier alpha value is -6.09. The van der Waals surface area contributed by atoms with Gasteiger partial charge in [0.15, 0.2) is 0 Å². The second-order valence-electron chi connectivity index (χ2n) is 18.3. The third-order valence-corrected chi connectivity index (χ3v) is 12.3. The van der Waals surface area contributed by atoms with E-state index in [4.69, 9.17) is 0 Å². The molecule has 0 saturated heterocycles. The van der Waals surface area contributed by atoms with Gasteiger partial charge in [0.2, 0.25) is 0 Å². The van der Waals surface area contributed by atoms with E-state index >= 15 is 0 Å². The van der Waals surface area contributed by atoms with Gasteiger partial charge in [-0.25, -0.2) is 14.4 Å². The van der Waals surface area contributed by atoms with E-state index in [-0.39, 0.29) is 17.1 Å². The first-order valence-corrected chi connectivity index (χ1v) is 25.4. The van der Waals surface area contributed by atoms with E-state index in [1.807, 2.05) is 105 Å². The van der Waals surface area contributed by atoms with Crippen molar-refractivity contribution in [1.82, 2.24) is 27.4 Å². The lowest BCUT2D eigenvalue weighted by atomic mass is 10.1. The topological polar surface area (TPSA) is 80.8 Å². The van der Waals surface area contributed by atoms with Gasteiger partial charge in [0.1, 0.15) is 0 Å². The zero-order chi connectivity index (χ0) is 49.1. The SMILES string of the molecule is C=C(C)Cn1c(=O)n(CC(=C)C)c2ccccc21.C=CCCCCCCn1c(=O)n(CCCCCCC=C)c2ccccc21.C=CCCCCCn1c(=O)n(CCCCCC=C)c2ccccc21. The first-order chi connectivity index (χ1) is 33.1. The highest BCUT2D eigenvalue weighted by molar-refractivity contribution is 5.77. The summed E-state index contributed by atoms with van der Waals surface area (Å²) >= 11 is 0. The van der Waals surface area contributed by atoms with Crippen LogP contribution < -0.4 is 17.1 Å². The maximum absolute atomic E-state index is 12.9. The van der Waals surface area contributed by atoms with Crippen LogP contribution in [-0.2, 0) is 39.3 Å².